The fourth-order valence-electron chi connectivity index (χ4n) is 2.23. The summed E-state index contributed by atoms with van der Waals surface area (Å²) in [5.74, 6) is 0.209. The second-order valence-corrected chi connectivity index (χ2v) is 5.61. The van der Waals surface area contributed by atoms with E-state index in [2.05, 4.69) is 25.8 Å². The number of carbonyl (C=O) groups excluding carboxylic acids is 2. The molecule has 0 unspecified atom stereocenters. The van der Waals surface area contributed by atoms with E-state index in [-0.39, 0.29) is 17.4 Å². The van der Waals surface area contributed by atoms with Crippen molar-refractivity contribution in [2.75, 3.05) is 5.32 Å². The Morgan fingerprint density at radius 3 is 2.42 bits per heavy atom. The van der Waals surface area contributed by atoms with Crippen LogP contribution in [0.2, 0.25) is 0 Å². The summed E-state index contributed by atoms with van der Waals surface area (Å²) in [5.41, 5.74) is 2.55. The lowest BCUT2D eigenvalue weighted by Gasteiger charge is -2.07. The molecular formula is C19H17N5O2. The zero-order chi connectivity index (χ0) is 18.4. The highest BCUT2D eigenvalue weighted by atomic mass is 16.2. The van der Waals surface area contributed by atoms with Crippen LogP contribution in [0.3, 0.4) is 0 Å². The number of benzene rings is 1. The number of nitrogens with one attached hydrogen (secondary N) is 2. The van der Waals surface area contributed by atoms with Crippen LogP contribution in [0.25, 0.3) is 0 Å². The zero-order valence-electron chi connectivity index (χ0n) is 14.1. The molecule has 7 heteroatoms. The van der Waals surface area contributed by atoms with Gasteiger partial charge in [-0.25, -0.2) is 0 Å². The van der Waals surface area contributed by atoms with E-state index < -0.39 is 0 Å². The summed E-state index contributed by atoms with van der Waals surface area (Å²) in [6, 6.07) is 14.0. The van der Waals surface area contributed by atoms with Crippen molar-refractivity contribution in [2.24, 2.45) is 0 Å². The van der Waals surface area contributed by atoms with Gasteiger partial charge in [0.2, 0.25) is 0 Å². The molecule has 1 aromatic carbocycles. The van der Waals surface area contributed by atoms with Gasteiger partial charge in [0.15, 0.2) is 17.3 Å². The maximum Gasteiger partial charge on any atom is 0.272 e. The molecule has 2 aromatic heterocycles. The molecular weight excluding hydrogens is 330 g/mol. The summed E-state index contributed by atoms with van der Waals surface area (Å²) >= 11 is 0. The SMILES string of the molecule is CC(=O)c1ccc(Nc2ccc(C(=O)NCc3cccnc3)nn2)cc1. The fraction of sp³-hybridized carbons (Fsp3) is 0.105. The molecule has 0 aliphatic carbocycles. The molecule has 0 spiro atoms. The number of nitrogens with zero attached hydrogens (tertiary/aromatic N) is 3. The van der Waals surface area contributed by atoms with E-state index in [1.54, 1.807) is 48.8 Å². The number of amides is 1. The number of hydrogen-bond donors (Lipinski definition) is 2. The highest BCUT2D eigenvalue weighted by molar-refractivity contribution is 5.94. The molecule has 7 nitrogen and oxygen atoms in total. The Morgan fingerprint density at radius 1 is 1.00 bits per heavy atom. The molecule has 0 radical (unpaired) electrons. The van der Waals surface area contributed by atoms with E-state index in [1.165, 1.54) is 6.92 Å². The number of aromatic nitrogens is 3. The monoisotopic (exact) mass is 347 g/mol. The van der Waals surface area contributed by atoms with Crippen LogP contribution in [-0.2, 0) is 6.54 Å². The van der Waals surface area contributed by atoms with Crippen LogP contribution in [0.1, 0.15) is 33.3 Å². The molecule has 26 heavy (non-hydrogen) atoms. The Kier molecular flexibility index (Phi) is 5.28. The number of ketones is 1. The van der Waals surface area contributed by atoms with E-state index >= 15 is 0 Å². The van der Waals surface area contributed by atoms with Gasteiger partial charge in [-0.15, -0.1) is 10.2 Å². The summed E-state index contributed by atoms with van der Waals surface area (Å²) < 4.78 is 0. The quantitative estimate of drug-likeness (QED) is 0.666. The van der Waals surface area contributed by atoms with E-state index in [1.807, 2.05) is 12.1 Å². The Morgan fingerprint density at radius 2 is 1.81 bits per heavy atom. The number of hydrogen-bond acceptors (Lipinski definition) is 6. The highest BCUT2D eigenvalue weighted by Crippen LogP contribution is 2.15. The van der Waals surface area contributed by atoms with Crippen LogP contribution in [0.4, 0.5) is 11.5 Å². The second-order valence-electron chi connectivity index (χ2n) is 5.61. The first-order valence-electron chi connectivity index (χ1n) is 8.01. The van der Waals surface area contributed by atoms with Crippen LogP contribution < -0.4 is 10.6 Å². The normalized spacial score (nSPS) is 10.2. The zero-order valence-corrected chi connectivity index (χ0v) is 14.1. The van der Waals surface area contributed by atoms with Crippen LogP contribution in [0, 0.1) is 0 Å². The Balaban J connectivity index is 1.59. The lowest BCUT2D eigenvalue weighted by Crippen LogP contribution is -2.24. The van der Waals surface area contributed by atoms with Crippen LogP contribution in [-0.4, -0.2) is 26.9 Å². The minimum absolute atomic E-state index is 0.0120. The van der Waals surface area contributed by atoms with Crippen LogP contribution in [0.5, 0.6) is 0 Å². The lowest BCUT2D eigenvalue weighted by molar-refractivity contribution is 0.0944. The first-order valence-corrected chi connectivity index (χ1v) is 8.01. The van der Waals surface area contributed by atoms with Gasteiger partial charge >= 0.3 is 0 Å². The fourth-order valence-corrected chi connectivity index (χ4v) is 2.23. The molecule has 3 aromatic rings. The van der Waals surface area contributed by atoms with Crippen LogP contribution >= 0.6 is 0 Å². The Hall–Kier alpha value is -3.61. The molecule has 0 saturated carbocycles. The number of Topliss-reactive ketones (excluding diaryl/α,β-unsaturated/α-hetero) is 1. The summed E-state index contributed by atoms with van der Waals surface area (Å²) in [5, 5.41) is 13.8. The minimum Gasteiger partial charge on any atom is -0.347 e. The highest BCUT2D eigenvalue weighted by Gasteiger charge is 2.08. The van der Waals surface area contributed by atoms with Gasteiger partial charge in [0, 0.05) is 30.2 Å². The molecule has 0 aliphatic heterocycles. The molecule has 1 amide bonds. The summed E-state index contributed by atoms with van der Waals surface area (Å²) in [7, 11) is 0. The summed E-state index contributed by atoms with van der Waals surface area (Å²) in [6.07, 6.45) is 3.37. The van der Waals surface area contributed by atoms with Crippen molar-refractivity contribution >= 4 is 23.2 Å². The van der Waals surface area contributed by atoms with Crippen molar-refractivity contribution in [3.63, 3.8) is 0 Å². The van der Waals surface area contributed by atoms with Crippen molar-refractivity contribution in [3.8, 4) is 0 Å². The third-order valence-electron chi connectivity index (χ3n) is 3.64. The molecule has 0 atom stereocenters. The first-order chi connectivity index (χ1) is 12.6. The van der Waals surface area contributed by atoms with Gasteiger partial charge in [0.25, 0.3) is 5.91 Å². The van der Waals surface area contributed by atoms with Crippen molar-refractivity contribution < 1.29 is 9.59 Å². The number of pyridine rings is 1. The molecule has 0 bridgehead atoms. The smallest absolute Gasteiger partial charge is 0.272 e. The predicted molar refractivity (Wildman–Crippen MR) is 97.2 cm³/mol. The summed E-state index contributed by atoms with van der Waals surface area (Å²) in [6.45, 7) is 1.89. The van der Waals surface area contributed by atoms with Gasteiger partial charge in [-0.1, -0.05) is 6.07 Å². The largest absolute Gasteiger partial charge is 0.347 e. The van der Waals surface area contributed by atoms with E-state index in [0.29, 0.717) is 17.9 Å². The number of rotatable bonds is 6. The number of carbonyl (C=O) groups is 2. The summed E-state index contributed by atoms with van der Waals surface area (Å²) in [4.78, 5) is 27.4. The molecule has 130 valence electrons. The average Bonchev–Trinajstić information content (AvgIpc) is 2.68. The number of anilines is 2. The average molecular weight is 347 g/mol. The van der Waals surface area contributed by atoms with Crippen molar-refractivity contribution in [2.45, 2.75) is 13.5 Å². The Labute approximate surface area is 150 Å². The van der Waals surface area contributed by atoms with Gasteiger partial charge < -0.3 is 10.6 Å². The predicted octanol–water partition coefficient (Wildman–Crippen LogP) is 2.75. The molecule has 0 fully saturated rings. The Bertz CT molecular complexity index is 893. The third-order valence-corrected chi connectivity index (χ3v) is 3.64. The maximum absolute atomic E-state index is 12.1. The first kappa shape index (κ1) is 17.2. The maximum atomic E-state index is 12.1. The van der Waals surface area contributed by atoms with Crippen LogP contribution in [0.15, 0.2) is 60.9 Å². The molecule has 3 rings (SSSR count). The standard InChI is InChI=1S/C19H17N5O2/c1-13(25)15-4-6-16(7-5-15)22-18-9-8-17(23-24-18)19(26)21-12-14-3-2-10-20-11-14/h2-11H,12H2,1H3,(H,21,26)(H,22,24). The minimum atomic E-state index is -0.307. The van der Waals surface area contributed by atoms with Crippen molar-refractivity contribution in [1.29, 1.82) is 0 Å². The molecule has 0 saturated heterocycles. The van der Waals surface area contributed by atoms with Gasteiger partial charge in [0.05, 0.1) is 0 Å². The third kappa shape index (κ3) is 4.47. The van der Waals surface area contributed by atoms with E-state index in [0.717, 1.165) is 11.3 Å². The molecule has 0 aliphatic rings. The molecule has 2 N–H and O–H groups in total. The van der Waals surface area contributed by atoms with Gasteiger partial charge in [-0.05, 0) is 55.0 Å². The second kappa shape index (κ2) is 7.98. The van der Waals surface area contributed by atoms with E-state index in [9.17, 15) is 9.59 Å². The van der Waals surface area contributed by atoms with Crippen molar-refractivity contribution in [3.05, 3.63) is 77.7 Å². The topological polar surface area (TPSA) is 96.9 Å². The molecule has 2 heterocycles. The van der Waals surface area contributed by atoms with Gasteiger partial charge in [0.1, 0.15) is 0 Å². The van der Waals surface area contributed by atoms with Gasteiger partial charge in [-0.3, -0.25) is 14.6 Å². The van der Waals surface area contributed by atoms with E-state index in [4.69, 9.17) is 0 Å². The van der Waals surface area contributed by atoms with Gasteiger partial charge in [-0.2, -0.15) is 0 Å². The van der Waals surface area contributed by atoms with Crippen molar-refractivity contribution in [1.82, 2.24) is 20.5 Å². The lowest BCUT2D eigenvalue weighted by atomic mass is 10.1.